The number of nitrogens with two attached hydrogens (primary N) is 1. The first-order chi connectivity index (χ1) is 13.5. The third-order valence-electron chi connectivity index (χ3n) is 4.49. The summed E-state index contributed by atoms with van der Waals surface area (Å²) >= 11 is 0. The van der Waals surface area contributed by atoms with Crippen molar-refractivity contribution in [1.82, 2.24) is 4.98 Å². The molecule has 1 aliphatic rings. The summed E-state index contributed by atoms with van der Waals surface area (Å²) in [5.74, 6) is -1.43. The Kier molecular flexibility index (Phi) is 5.39. The molecule has 2 heterocycles. The van der Waals surface area contributed by atoms with E-state index in [1.54, 1.807) is 11.0 Å². The highest BCUT2D eigenvalue weighted by Crippen LogP contribution is 2.37. The zero-order valence-electron chi connectivity index (χ0n) is 14.9. The largest absolute Gasteiger partial charge is 0.501 e. The molecular formula is C17H16F4N4O3S. The molecule has 0 bridgehead atoms. The van der Waals surface area contributed by atoms with Crippen molar-refractivity contribution in [3.8, 4) is 0 Å². The second-order valence-electron chi connectivity index (χ2n) is 6.27. The van der Waals surface area contributed by atoms with Crippen LogP contribution in [0, 0.1) is 5.82 Å². The number of carbonyl (C=O) groups is 1. The van der Waals surface area contributed by atoms with Gasteiger partial charge in [-0.05, 0) is 30.3 Å². The fraction of sp³-hybridized carbons (Fsp3) is 0.294. The Morgan fingerprint density at radius 3 is 2.28 bits per heavy atom. The quantitative estimate of drug-likeness (QED) is 0.742. The highest BCUT2D eigenvalue weighted by molar-refractivity contribution is 7.92. The van der Waals surface area contributed by atoms with Crippen LogP contribution in [0.4, 0.5) is 29.1 Å². The minimum absolute atomic E-state index is 0.126. The van der Waals surface area contributed by atoms with Crippen molar-refractivity contribution in [2.24, 2.45) is 5.73 Å². The van der Waals surface area contributed by atoms with Gasteiger partial charge in [0.1, 0.15) is 16.5 Å². The number of carbonyl (C=O) groups excluding carboxylic acids is 1. The topological polar surface area (TPSA) is 96.6 Å². The molecule has 1 aromatic carbocycles. The predicted molar refractivity (Wildman–Crippen MR) is 96.8 cm³/mol. The summed E-state index contributed by atoms with van der Waals surface area (Å²) < 4.78 is 76.3. The molecule has 1 amide bonds. The van der Waals surface area contributed by atoms with Gasteiger partial charge in [-0.15, -0.1) is 0 Å². The van der Waals surface area contributed by atoms with E-state index in [2.05, 4.69) is 4.98 Å². The van der Waals surface area contributed by atoms with Gasteiger partial charge in [0.25, 0.3) is 15.7 Å². The Balaban J connectivity index is 1.89. The lowest BCUT2D eigenvalue weighted by Gasteiger charge is -2.37. The molecule has 0 saturated carbocycles. The van der Waals surface area contributed by atoms with Gasteiger partial charge in [0, 0.05) is 32.4 Å². The van der Waals surface area contributed by atoms with Gasteiger partial charge in [-0.25, -0.2) is 17.8 Å². The minimum atomic E-state index is -5.73. The Morgan fingerprint density at radius 1 is 1.07 bits per heavy atom. The molecule has 1 saturated heterocycles. The first-order valence-corrected chi connectivity index (χ1v) is 9.86. The normalized spacial score (nSPS) is 15.4. The van der Waals surface area contributed by atoms with Gasteiger partial charge in [0.2, 0.25) is 0 Å². The molecule has 1 aliphatic heterocycles. The van der Waals surface area contributed by atoms with Crippen LogP contribution >= 0.6 is 0 Å². The van der Waals surface area contributed by atoms with Crippen LogP contribution in [-0.2, 0) is 9.84 Å². The molecule has 2 aromatic rings. The number of hydrogen-bond acceptors (Lipinski definition) is 6. The van der Waals surface area contributed by atoms with E-state index in [0.29, 0.717) is 11.9 Å². The second-order valence-corrected chi connectivity index (χ2v) is 8.18. The standard InChI is InChI=1S/C17H16F4N4O3S/c18-11-3-4-13(14(10-11)29(27,28)17(19,20)21)24-6-8-25(9-7-24)16-12(15(22)26)2-1-5-23-16/h1-5,10H,6-9H2,(H2,22,26). The summed E-state index contributed by atoms with van der Waals surface area (Å²) in [4.78, 5) is 17.7. The number of aromatic nitrogens is 1. The molecule has 0 radical (unpaired) electrons. The van der Waals surface area contributed by atoms with E-state index in [1.165, 1.54) is 17.2 Å². The maximum absolute atomic E-state index is 13.5. The van der Waals surface area contributed by atoms with E-state index in [9.17, 15) is 30.8 Å². The van der Waals surface area contributed by atoms with Crippen molar-refractivity contribution in [3.63, 3.8) is 0 Å². The lowest BCUT2D eigenvalue weighted by molar-refractivity contribution is -0.0435. The molecule has 1 aromatic heterocycles. The number of nitrogens with zero attached hydrogens (tertiary/aromatic N) is 3. The number of pyridine rings is 1. The second kappa shape index (κ2) is 7.50. The van der Waals surface area contributed by atoms with Crippen LogP contribution in [0.5, 0.6) is 0 Å². The number of anilines is 2. The average Bonchev–Trinajstić information content (AvgIpc) is 2.67. The van der Waals surface area contributed by atoms with E-state index in [4.69, 9.17) is 5.73 Å². The molecule has 1 fully saturated rings. The monoisotopic (exact) mass is 432 g/mol. The first kappa shape index (κ1) is 20.8. The number of alkyl halides is 3. The average molecular weight is 432 g/mol. The predicted octanol–water partition coefficient (Wildman–Crippen LogP) is 1.94. The number of benzene rings is 1. The van der Waals surface area contributed by atoms with Crippen LogP contribution in [0.15, 0.2) is 41.4 Å². The summed E-state index contributed by atoms with van der Waals surface area (Å²) in [6.45, 7) is 0.724. The van der Waals surface area contributed by atoms with E-state index in [-0.39, 0.29) is 37.4 Å². The molecule has 0 unspecified atom stereocenters. The number of amides is 1. The first-order valence-electron chi connectivity index (χ1n) is 8.38. The van der Waals surface area contributed by atoms with Gasteiger partial charge in [-0.2, -0.15) is 13.2 Å². The lowest BCUT2D eigenvalue weighted by Crippen LogP contribution is -2.48. The number of halogens is 4. The Labute approximate surface area is 163 Å². The van der Waals surface area contributed by atoms with Crippen molar-refractivity contribution >= 4 is 27.2 Å². The SMILES string of the molecule is NC(=O)c1cccnc1N1CCN(c2ccc(F)cc2S(=O)(=O)C(F)(F)F)CC1. The minimum Gasteiger partial charge on any atom is -0.367 e. The van der Waals surface area contributed by atoms with Gasteiger partial charge in [-0.1, -0.05) is 0 Å². The third-order valence-corrected chi connectivity index (χ3v) is 6.00. The molecular weight excluding hydrogens is 416 g/mol. The van der Waals surface area contributed by atoms with Crippen LogP contribution < -0.4 is 15.5 Å². The van der Waals surface area contributed by atoms with Gasteiger partial charge in [0.15, 0.2) is 0 Å². The van der Waals surface area contributed by atoms with Crippen molar-refractivity contribution in [2.75, 3.05) is 36.0 Å². The van der Waals surface area contributed by atoms with Gasteiger partial charge >= 0.3 is 5.51 Å². The molecule has 2 N–H and O–H groups in total. The molecule has 156 valence electrons. The number of hydrogen-bond donors (Lipinski definition) is 1. The lowest BCUT2D eigenvalue weighted by atomic mass is 10.2. The molecule has 12 heteroatoms. The van der Waals surface area contributed by atoms with Gasteiger partial charge < -0.3 is 15.5 Å². The van der Waals surface area contributed by atoms with Crippen molar-refractivity contribution < 1.29 is 30.8 Å². The maximum atomic E-state index is 13.5. The zero-order chi connectivity index (χ0) is 21.4. The highest BCUT2D eigenvalue weighted by Gasteiger charge is 2.48. The molecule has 7 nitrogen and oxygen atoms in total. The van der Waals surface area contributed by atoms with E-state index < -0.39 is 32.0 Å². The number of piperazine rings is 1. The van der Waals surface area contributed by atoms with Crippen molar-refractivity contribution in [1.29, 1.82) is 0 Å². The Morgan fingerprint density at radius 2 is 1.69 bits per heavy atom. The van der Waals surface area contributed by atoms with Gasteiger partial charge in [0.05, 0.1) is 11.3 Å². The zero-order valence-corrected chi connectivity index (χ0v) is 15.7. The molecule has 0 spiro atoms. The fourth-order valence-corrected chi connectivity index (χ4v) is 4.08. The van der Waals surface area contributed by atoms with Crippen LogP contribution in [0.25, 0.3) is 0 Å². The molecule has 0 aliphatic carbocycles. The Bertz CT molecular complexity index is 1040. The van der Waals surface area contributed by atoms with Crippen molar-refractivity contribution in [2.45, 2.75) is 10.4 Å². The van der Waals surface area contributed by atoms with Gasteiger partial charge in [-0.3, -0.25) is 4.79 Å². The summed E-state index contributed by atoms with van der Waals surface area (Å²) in [6, 6.07) is 5.34. The summed E-state index contributed by atoms with van der Waals surface area (Å²) in [5, 5.41) is 0. The molecule has 29 heavy (non-hydrogen) atoms. The smallest absolute Gasteiger partial charge is 0.367 e. The highest BCUT2D eigenvalue weighted by atomic mass is 32.2. The summed E-state index contributed by atoms with van der Waals surface area (Å²) in [6.07, 6.45) is 1.47. The molecule has 3 rings (SSSR count). The Hall–Kier alpha value is -2.89. The number of primary amides is 1. The maximum Gasteiger partial charge on any atom is 0.501 e. The third kappa shape index (κ3) is 3.97. The number of rotatable bonds is 4. The summed E-state index contributed by atoms with van der Waals surface area (Å²) in [7, 11) is -5.73. The summed E-state index contributed by atoms with van der Waals surface area (Å²) in [5.41, 5.74) is -0.256. The van der Waals surface area contributed by atoms with Crippen LogP contribution in [-0.4, -0.2) is 51.0 Å². The van der Waals surface area contributed by atoms with Crippen LogP contribution in [0.2, 0.25) is 0 Å². The van der Waals surface area contributed by atoms with E-state index in [1.807, 2.05) is 0 Å². The molecule has 0 atom stereocenters. The van der Waals surface area contributed by atoms with Crippen LogP contribution in [0.1, 0.15) is 10.4 Å². The van der Waals surface area contributed by atoms with Crippen molar-refractivity contribution in [3.05, 3.63) is 47.9 Å². The number of sulfone groups is 1. The fourth-order valence-electron chi connectivity index (χ4n) is 3.09. The van der Waals surface area contributed by atoms with Crippen LogP contribution in [0.3, 0.4) is 0 Å². The van der Waals surface area contributed by atoms with E-state index >= 15 is 0 Å². The van der Waals surface area contributed by atoms with E-state index in [0.717, 1.165) is 12.1 Å².